The molecule has 0 atom stereocenters. The van der Waals surface area contributed by atoms with Crippen LogP contribution in [0.2, 0.25) is 0 Å². The van der Waals surface area contributed by atoms with Gasteiger partial charge in [0.25, 0.3) is 0 Å². The standard InChI is InChI=1S/C18H23FN4O2S/c1-20-26(24,25)17-6-7-18(21-12-17)22-16-8-10-23(11-9-16)13-14-2-4-15(19)5-3-14/h2-7,12,16,20H,8-11,13H2,1H3,(H,21,22). The first-order valence-electron chi connectivity index (χ1n) is 8.59. The van der Waals surface area contributed by atoms with Crippen molar-refractivity contribution >= 4 is 15.8 Å². The molecule has 0 radical (unpaired) electrons. The third-order valence-electron chi connectivity index (χ3n) is 4.57. The van der Waals surface area contributed by atoms with Crippen molar-refractivity contribution in [3.63, 3.8) is 0 Å². The first-order chi connectivity index (χ1) is 12.5. The summed E-state index contributed by atoms with van der Waals surface area (Å²) in [6, 6.07) is 10.2. The molecule has 2 heterocycles. The first-order valence-corrected chi connectivity index (χ1v) is 10.1. The lowest BCUT2D eigenvalue weighted by atomic mass is 10.0. The number of anilines is 1. The van der Waals surface area contributed by atoms with Crippen LogP contribution in [0.15, 0.2) is 47.5 Å². The first kappa shape index (κ1) is 18.8. The normalized spacial score (nSPS) is 16.5. The minimum atomic E-state index is -3.46. The van der Waals surface area contributed by atoms with Gasteiger partial charge in [-0.05, 0) is 49.7 Å². The third kappa shape index (κ3) is 4.78. The van der Waals surface area contributed by atoms with E-state index in [0.717, 1.165) is 38.0 Å². The summed E-state index contributed by atoms with van der Waals surface area (Å²) >= 11 is 0. The molecule has 0 amide bonds. The molecular weight excluding hydrogens is 355 g/mol. The maximum Gasteiger partial charge on any atom is 0.241 e. The van der Waals surface area contributed by atoms with Crippen molar-refractivity contribution in [2.45, 2.75) is 30.3 Å². The maximum absolute atomic E-state index is 13.0. The molecule has 0 saturated carbocycles. The molecule has 0 aliphatic carbocycles. The average molecular weight is 378 g/mol. The number of rotatable bonds is 6. The Labute approximate surface area is 153 Å². The quantitative estimate of drug-likeness (QED) is 0.806. The van der Waals surface area contributed by atoms with E-state index >= 15 is 0 Å². The minimum Gasteiger partial charge on any atom is -0.367 e. The summed E-state index contributed by atoms with van der Waals surface area (Å²) in [6.45, 7) is 2.71. The number of pyridine rings is 1. The molecule has 2 N–H and O–H groups in total. The number of hydrogen-bond acceptors (Lipinski definition) is 5. The fourth-order valence-corrected chi connectivity index (χ4v) is 3.71. The molecule has 26 heavy (non-hydrogen) atoms. The van der Waals surface area contributed by atoms with Crippen LogP contribution >= 0.6 is 0 Å². The predicted octanol–water partition coefficient (Wildman–Crippen LogP) is 2.21. The van der Waals surface area contributed by atoms with Gasteiger partial charge in [-0.25, -0.2) is 22.5 Å². The molecule has 6 nitrogen and oxygen atoms in total. The van der Waals surface area contributed by atoms with Crippen LogP contribution < -0.4 is 10.0 Å². The van der Waals surface area contributed by atoms with Gasteiger partial charge in [-0.3, -0.25) is 4.90 Å². The molecule has 1 aliphatic heterocycles. The number of benzene rings is 1. The molecule has 140 valence electrons. The Bertz CT molecular complexity index is 817. The second-order valence-electron chi connectivity index (χ2n) is 6.41. The van der Waals surface area contributed by atoms with E-state index in [9.17, 15) is 12.8 Å². The second-order valence-corrected chi connectivity index (χ2v) is 8.29. The number of halogens is 1. The van der Waals surface area contributed by atoms with E-state index in [2.05, 4.69) is 19.9 Å². The van der Waals surface area contributed by atoms with Crippen LogP contribution in [0.25, 0.3) is 0 Å². The van der Waals surface area contributed by atoms with Crippen LogP contribution in [0.3, 0.4) is 0 Å². The highest BCUT2D eigenvalue weighted by molar-refractivity contribution is 7.89. The highest BCUT2D eigenvalue weighted by Gasteiger charge is 2.20. The molecule has 1 saturated heterocycles. The van der Waals surface area contributed by atoms with Gasteiger partial charge in [-0.1, -0.05) is 12.1 Å². The zero-order valence-electron chi connectivity index (χ0n) is 14.7. The summed E-state index contributed by atoms with van der Waals surface area (Å²) < 4.78 is 38.7. The Hall–Kier alpha value is -2.03. The Balaban J connectivity index is 1.50. The molecule has 0 bridgehead atoms. The minimum absolute atomic E-state index is 0.152. The topological polar surface area (TPSA) is 74.3 Å². The monoisotopic (exact) mass is 378 g/mol. The average Bonchev–Trinajstić information content (AvgIpc) is 2.66. The van der Waals surface area contributed by atoms with Crippen LogP contribution in [0.4, 0.5) is 10.2 Å². The van der Waals surface area contributed by atoms with Gasteiger partial charge in [-0.2, -0.15) is 0 Å². The van der Waals surface area contributed by atoms with E-state index in [-0.39, 0.29) is 10.7 Å². The van der Waals surface area contributed by atoms with E-state index in [4.69, 9.17) is 0 Å². The van der Waals surface area contributed by atoms with Crippen LogP contribution in [0, 0.1) is 5.82 Å². The summed E-state index contributed by atoms with van der Waals surface area (Å²) in [5.74, 6) is 0.467. The molecule has 0 unspecified atom stereocenters. The van der Waals surface area contributed by atoms with Crippen molar-refractivity contribution in [3.8, 4) is 0 Å². The number of hydrogen-bond donors (Lipinski definition) is 2. The van der Waals surface area contributed by atoms with Gasteiger partial charge < -0.3 is 5.32 Å². The van der Waals surface area contributed by atoms with Gasteiger partial charge >= 0.3 is 0 Å². The molecule has 0 spiro atoms. The van der Waals surface area contributed by atoms with Crippen molar-refractivity contribution in [2.24, 2.45) is 0 Å². The van der Waals surface area contributed by atoms with Crippen molar-refractivity contribution in [2.75, 3.05) is 25.5 Å². The van der Waals surface area contributed by atoms with Crippen molar-refractivity contribution in [3.05, 3.63) is 54.0 Å². The van der Waals surface area contributed by atoms with Gasteiger partial charge in [0.1, 0.15) is 16.5 Å². The number of piperidine rings is 1. The molecule has 1 aliphatic rings. The molecule has 1 aromatic carbocycles. The molecule has 2 aromatic rings. The second kappa shape index (κ2) is 8.11. The summed E-state index contributed by atoms with van der Waals surface area (Å²) in [6.07, 6.45) is 3.30. The highest BCUT2D eigenvalue weighted by Crippen LogP contribution is 2.18. The number of likely N-dealkylation sites (tertiary alicyclic amines) is 1. The Morgan fingerprint density at radius 2 is 1.85 bits per heavy atom. The Morgan fingerprint density at radius 1 is 1.15 bits per heavy atom. The lowest BCUT2D eigenvalue weighted by Gasteiger charge is -2.32. The number of aromatic nitrogens is 1. The summed E-state index contributed by atoms with van der Waals surface area (Å²) in [5.41, 5.74) is 1.11. The molecule has 1 fully saturated rings. The predicted molar refractivity (Wildman–Crippen MR) is 98.8 cm³/mol. The Kier molecular flexibility index (Phi) is 5.85. The lowest BCUT2D eigenvalue weighted by molar-refractivity contribution is 0.211. The van der Waals surface area contributed by atoms with E-state index < -0.39 is 10.0 Å². The van der Waals surface area contributed by atoms with Crippen LogP contribution in [0.1, 0.15) is 18.4 Å². The van der Waals surface area contributed by atoms with Gasteiger partial charge in [0.15, 0.2) is 0 Å². The Morgan fingerprint density at radius 3 is 2.42 bits per heavy atom. The van der Waals surface area contributed by atoms with Gasteiger partial charge in [0.05, 0.1) is 0 Å². The van der Waals surface area contributed by atoms with Crippen LogP contribution in [-0.4, -0.2) is 44.5 Å². The molecular formula is C18H23FN4O2S. The maximum atomic E-state index is 13.0. The lowest BCUT2D eigenvalue weighted by Crippen LogP contribution is -2.38. The summed E-state index contributed by atoms with van der Waals surface area (Å²) in [7, 11) is -2.08. The fourth-order valence-electron chi connectivity index (χ4n) is 3.04. The zero-order chi connectivity index (χ0) is 18.6. The smallest absolute Gasteiger partial charge is 0.241 e. The summed E-state index contributed by atoms with van der Waals surface area (Å²) in [4.78, 5) is 6.70. The third-order valence-corrected chi connectivity index (χ3v) is 5.97. The van der Waals surface area contributed by atoms with Crippen molar-refractivity contribution < 1.29 is 12.8 Å². The number of sulfonamides is 1. The van der Waals surface area contributed by atoms with Gasteiger partial charge in [0.2, 0.25) is 10.0 Å². The zero-order valence-corrected chi connectivity index (χ0v) is 15.5. The van der Waals surface area contributed by atoms with Crippen molar-refractivity contribution in [1.29, 1.82) is 0 Å². The van der Waals surface area contributed by atoms with Crippen molar-refractivity contribution in [1.82, 2.24) is 14.6 Å². The van der Waals surface area contributed by atoms with Crippen LogP contribution in [-0.2, 0) is 16.6 Å². The SMILES string of the molecule is CNS(=O)(=O)c1ccc(NC2CCN(Cc3ccc(F)cc3)CC2)nc1. The number of nitrogens with zero attached hydrogens (tertiary/aromatic N) is 2. The number of nitrogens with one attached hydrogen (secondary N) is 2. The van der Waals surface area contributed by atoms with Crippen LogP contribution in [0.5, 0.6) is 0 Å². The fraction of sp³-hybridized carbons (Fsp3) is 0.389. The van der Waals surface area contributed by atoms with Gasteiger partial charge in [0, 0.05) is 31.9 Å². The van der Waals surface area contributed by atoms with E-state index in [1.165, 1.54) is 25.4 Å². The molecule has 1 aromatic heterocycles. The molecule has 8 heteroatoms. The van der Waals surface area contributed by atoms with E-state index in [0.29, 0.717) is 11.9 Å². The summed E-state index contributed by atoms with van der Waals surface area (Å²) in [5, 5.41) is 3.37. The van der Waals surface area contributed by atoms with E-state index in [1.807, 2.05) is 12.1 Å². The highest BCUT2D eigenvalue weighted by atomic mass is 32.2. The van der Waals surface area contributed by atoms with E-state index in [1.54, 1.807) is 12.1 Å². The largest absolute Gasteiger partial charge is 0.367 e. The molecule has 3 rings (SSSR count). The van der Waals surface area contributed by atoms with Gasteiger partial charge in [-0.15, -0.1) is 0 Å².